The van der Waals surface area contributed by atoms with E-state index in [0.29, 0.717) is 11.8 Å². The summed E-state index contributed by atoms with van der Waals surface area (Å²) in [6.07, 6.45) is 2.26. The molecule has 0 aliphatic carbocycles. The number of hydrogen-bond donors (Lipinski definition) is 2. The third kappa shape index (κ3) is 2.96. The third-order valence-electron chi connectivity index (χ3n) is 4.62. The van der Waals surface area contributed by atoms with Gasteiger partial charge in [-0.1, -0.05) is 39.0 Å². The first-order valence-electron chi connectivity index (χ1n) is 8.30. The smallest absolute Gasteiger partial charge is 0.0456 e. The van der Waals surface area contributed by atoms with Gasteiger partial charge in [0.05, 0.1) is 0 Å². The zero-order chi connectivity index (χ0) is 15.7. The number of benzene rings is 1. The molecule has 116 valence electrons. The second-order valence-electron chi connectivity index (χ2n) is 6.80. The van der Waals surface area contributed by atoms with Gasteiger partial charge in [0, 0.05) is 22.6 Å². The van der Waals surface area contributed by atoms with Crippen LogP contribution in [-0.4, -0.2) is 9.97 Å². The normalized spacial score (nSPS) is 13.1. The van der Waals surface area contributed by atoms with E-state index in [-0.39, 0.29) is 0 Å². The van der Waals surface area contributed by atoms with Gasteiger partial charge in [0.1, 0.15) is 0 Å². The molecule has 1 atom stereocenters. The molecule has 1 aromatic carbocycles. The summed E-state index contributed by atoms with van der Waals surface area (Å²) in [6, 6.07) is 13.1. The molecule has 0 amide bonds. The van der Waals surface area contributed by atoms with Crippen molar-refractivity contribution in [3.63, 3.8) is 0 Å². The van der Waals surface area contributed by atoms with Crippen molar-refractivity contribution in [3.05, 3.63) is 59.0 Å². The Morgan fingerprint density at radius 2 is 1.77 bits per heavy atom. The molecule has 1 unspecified atom stereocenters. The largest absolute Gasteiger partial charge is 0.362 e. The average molecular weight is 294 g/mol. The average Bonchev–Trinajstić information content (AvgIpc) is 3.08. The Hall–Kier alpha value is -1.96. The first kappa shape index (κ1) is 15.0. The van der Waals surface area contributed by atoms with Gasteiger partial charge in [-0.25, -0.2) is 0 Å². The highest BCUT2D eigenvalue weighted by Crippen LogP contribution is 2.26. The van der Waals surface area contributed by atoms with Gasteiger partial charge in [0.25, 0.3) is 0 Å². The molecule has 0 saturated heterocycles. The van der Waals surface area contributed by atoms with Gasteiger partial charge >= 0.3 is 0 Å². The molecule has 2 N–H and O–H groups in total. The van der Waals surface area contributed by atoms with Crippen molar-refractivity contribution >= 4 is 10.9 Å². The molecule has 0 bridgehead atoms. The first-order chi connectivity index (χ1) is 10.5. The van der Waals surface area contributed by atoms with Gasteiger partial charge in [-0.3, -0.25) is 0 Å². The third-order valence-corrected chi connectivity index (χ3v) is 4.62. The molecular weight excluding hydrogens is 268 g/mol. The highest BCUT2D eigenvalue weighted by atomic mass is 14.7. The van der Waals surface area contributed by atoms with Crippen LogP contribution in [-0.2, 0) is 6.42 Å². The highest BCUT2D eigenvalue weighted by Gasteiger charge is 2.12. The summed E-state index contributed by atoms with van der Waals surface area (Å²) < 4.78 is 0. The van der Waals surface area contributed by atoms with Gasteiger partial charge in [-0.15, -0.1) is 0 Å². The predicted octanol–water partition coefficient (Wildman–Crippen LogP) is 5.66. The van der Waals surface area contributed by atoms with E-state index in [9.17, 15) is 0 Å². The van der Waals surface area contributed by atoms with E-state index in [4.69, 9.17) is 0 Å². The van der Waals surface area contributed by atoms with Crippen LogP contribution in [0.4, 0.5) is 0 Å². The Morgan fingerprint density at radius 1 is 1.00 bits per heavy atom. The minimum atomic E-state index is 0.540. The Bertz CT molecular complexity index is 728. The molecule has 0 saturated carbocycles. The van der Waals surface area contributed by atoms with Crippen molar-refractivity contribution in [2.75, 3.05) is 0 Å². The van der Waals surface area contributed by atoms with Gasteiger partial charge in [0.15, 0.2) is 0 Å². The van der Waals surface area contributed by atoms with Crippen LogP contribution in [0.3, 0.4) is 0 Å². The van der Waals surface area contributed by atoms with Crippen molar-refractivity contribution < 1.29 is 0 Å². The Kier molecular flexibility index (Phi) is 4.10. The van der Waals surface area contributed by atoms with Crippen LogP contribution >= 0.6 is 0 Å². The molecule has 2 heteroatoms. The summed E-state index contributed by atoms with van der Waals surface area (Å²) >= 11 is 0. The van der Waals surface area contributed by atoms with Crippen molar-refractivity contribution in [2.24, 2.45) is 0 Å². The van der Waals surface area contributed by atoms with Crippen LogP contribution in [0.25, 0.3) is 10.9 Å². The summed E-state index contributed by atoms with van der Waals surface area (Å²) in [5.41, 5.74) is 6.72. The maximum absolute atomic E-state index is 3.60. The van der Waals surface area contributed by atoms with E-state index < -0.39 is 0 Å². The lowest BCUT2D eigenvalue weighted by molar-refractivity contribution is 0.657. The zero-order valence-corrected chi connectivity index (χ0v) is 14.0. The standard InChI is InChI=1S/C20H26N2/c1-13(2)20-15(4)11-17(21-20)10-9-14(3)19-12-16-7-5-6-8-18(16)22-19/h5-8,11-14,21-22H,9-10H2,1-4H3. The van der Waals surface area contributed by atoms with Crippen LogP contribution in [0.15, 0.2) is 36.4 Å². The lowest BCUT2D eigenvalue weighted by atomic mass is 10.0. The van der Waals surface area contributed by atoms with Crippen molar-refractivity contribution in [2.45, 2.75) is 52.4 Å². The maximum Gasteiger partial charge on any atom is 0.0456 e. The monoisotopic (exact) mass is 294 g/mol. The van der Waals surface area contributed by atoms with Gasteiger partial charge in [-0.2, -0.15) is 0 Å². The van der Waals surface area contributed by atoms with E-state index in [1.54, 1.807) is 0 Å². The van der Waals surface area contributed by atoms with E-state index in [2.05, 4.69) is 74.1 Å². The summed E-state index contributed by atoms with van der Waals surface area (Å²) in [5, 5.41) is 1.31. The number of aromatic nitrogens is 2. The molecule has 0 aliphatic heterocycles. The number of hydrogen-bond acceptors (Lipinski definition) is 0. The minimum absolute atomic E-state index is 0.540. The fourth-order valence-electron chi connectivity index (χ4n) is 3.27. The van der Waals surface area contributed by atoms with E-state index in [1.165, 1.54) is 33.5 Å². The van der Waals surface area contributed by atoms with Crippen LogP contribution in [0.2, 0.25) is 0 Å². The number of nitrogens with one attached hydrogen (secondary N) is 2. The Balaban J connectivity index is 1.69. The molecule has 3 aromatic rings. The van der Waals surface area contributed by atoms with Gasteiger partial charge < -0.3 is 9.97 Å². The SMILES string of the molecule is Cc1cc(CCC(C)c2cc3ccccc3[nH]2)[nH]c1C(C)C. The summed E-state index contributed by atoms with van der Waals surface area (Å²) in [5.74, 6) is 1.11. The molecule has 2 nitrogen and oxygen atoms in total. The molecule has 0 radical (unpaired) electrons. The van der Waals surface area contributed by atoms with E-state index >= 15 is 0 Å². The molecule has 2 heterocycles. The van der Waals surface area contributed by atoms with E-state index in [0.717, 1.165) is 12.8 Å². The fourth-order valence-corrected chi connectivity index (χ4v) is 3.27. The van der Waals surface area contributed by atoms with Gasteiger partial charge in [-0.05, 0) is 60.7 Å². The molecule has 22 heavy (non-hydrogen) atoms. The molecule has 0 aliphatic rings. The second-order valence-corrected chi connectivity index (χ2v) is 6.80. The highest BCUT2D eigenvalue weighted by molar-refractivity contribution is 5.80. The lowest BCUT2D eigenvalue weighted by Crippen LogP contribution is -1.97. The van der Waals surface area contributed by atoms with Crippen LogP contribution in [0, 0.1) is 6.92 Å². The van der Waals surface area contributed by atoms with Crippen LogP contribution < -0.4 is 0 Å². The molecular formula is C20H26N2. The molecule has 0 fully saturated rings. The van der Waals surface area contributed by atoms with Crippen LogP contribution in [0.1, 0.15) is 61.7 Å². The topological polar surface area (TPSA) is 31.6 Å². The molecule has 0 spiro atoms. The fraction of sp³-hybridized carbons (Fsp3) is 0.400. The van der Waals surface area contributed by atoms with Crippen molar-refractivity contribution in [1.82, 2.24) is 9.97 Å². The quantitative estimate of drug-likeness (QED) is 0.608. The second kappa shape index (κ2) is 6.04. The summed E-state index contributed by atoms with van der Waals surface area (Å²) in [7, 11) is 0. The minimum Gasteiger partial charge on any atom is -0.362 e. The predicted molar refractivity (Wildman–Crippen MR) is 94.7 cm³/mol. The molecule has 2 aromatic heterocycles. The van der Waals surface area contributed by atoms with Crippen LogP contribution in [0.5, 0.6) is 0 Å². The number of H-pyrrole nitrogens is 2. The van der Waals surface area contributed by atoms with Crippen molar-refractivity contribution in [1.29, 1.82) is 0 Å². The number of aryl methyl sites for hydroxylation is 2. The Labute approximate surface area is 133 Å². The summed E-state index contributed by atoms with van der Waals surface area (Å²) in [4.78, 5) is 7.16. The lowest BCUT2D eigenvalue weighted by Gasteiger charge is -2.09. The van der Waals surface area contributed by atoms with E-state index in [1.807, 2.05) is 0 Å². The summed E-state index contributed by atoms with van der Waals surface area (Å²) in [6.45, 7) is 9.01. The number of fused-ring (bicyclic) bond motifs is 1. The Morgan fingerprint density at radius 3 is 2.45 bits per heavy atom. The molecule has 3 rings (SSSR count). The zero-order valence-electron chi connectivity index (χ0n) is 14.0. The number of para-hydroxylation sites is 1. The number of aromatic amines is 2. The first-order valence-corrected chi connectivity index (χ1v) is 8.30. The van der Waals surface area contributed by atoms with Crippen molar-refractivity contribution in [3.8, 4) is 0 Å². The van der Waals surface area contributed by atoms with Gasteiger partial charge in [0.2, 0.25) is 0 Å². The maximum atomic E-state index is 3.60. The number of rotatable bonds is 5.